The summed E-state index contributed by atoms with van der Waals surface area (Å²) in [7, 11) is -4.41. The van der Waals surface area contributed by atoms with Crippen LogP contribution in [-0.4, -0.2) is 23.7 Å². The molecule has 0 unspecified atom stereocenters. The smallest absolute Gasteiger partial charge is 0.287 e. The number of pyridine rings is 1. The topological polar surface area (TPSA) is 84.3 Å². The number of carbonyl (C=O) groups is 1. The highest BCUT2D eigenvalue weighted by Crippen LogP contribution is 2.12. The lowest BCUT2D eigenvalue weighted by Crippen LogP contribution is -2.08. The Morgan fingerprint density at radius 1 is 1.11 bits per heavy atom. The van der Waals surface area contributed by atoms with Gasteiger partial charge < -0.3 is 0 Å². The molecule has 98 valence electrons. The average molecular weight is 277 g/mol. The van der Waals surface area contributed by atoms with E-state index in [1.165, 1.54) is 12.1 Å². The van der Waals surface area contributed by atoms with Crippen LogP contribution < -0.4 is 0 Å². The zero-order valence-electron chi connectivity index (χ0n) is 10.1. The molecule has 1 aromatic carbocycles. The van der Waals surface area contributed by atoms with Crippen LogP contribution in [0.2, 0.25) is 0 Å². The number of aromatic nitrogens is 1. The lowest BCUT2D eigenvalue weighted by Gasteiger charge is -2.02. The maximum atomic E-state index is 12.1. The average Bonchev–Trinajstić information content (AvgIpc) is 2.38. The van der Waals surface area contributed by atoms with Gasteiger partial charge in [-0.1, -0.05) is 35.9 Å². The summed E-state index contributed by atoms with van der Waals surface area (Å²) in [6.07, 6.45) is 0. The molecule has 0 saturated heterocycles. The van der Waals surface area contributed by atoms with E-state index in [2.05, 4.69) is 4.98 Å². The van der Waals surface area contributed by atoms with Crippen LogP contribution in [0.3, 0.4) is 0 Å². The van der Waals surface area contributed by atoms with E-state index in [0.717, 1.165) is 11.6 Å². The molecule has 0 saturated carbocycles. The van der Waals surface area contributed by atoms with Gasteiger partial charge in [0.15, 0.2) is 5.03 Å². The van der Waals surface area contributed by atoms with Crippen molar-refractivity contribution < 1.29 is 17.8 Å². The zero-order chi connectivity index (χ0) is 14.0. The first-order valence-electron chi connectivity index (χ1n) is 5.44. The Kier molecular flexibility index (Phi) is 3.46. The van der Waals surface area contributed by atoms with Gasteiger partial charge in [-0.2, -0.15) is 8.42 Å². The van der Waals surface area contributed by atoms with E-state index in [1.54, 1.807) is 24.3 Å². The third-order valence-corrected chi connectivity index (χ3v) is 3.29. The van der Waals surface area contributed by atoms with E-state index >= 15 is 0 Å². The highest BCUT2D eigenvalue weighted by molar-refractivity contribution is 7.85. The predicted molar refractivity (Wildman–Crippen MR) is 68.7 cm³/mol. The second kappa shape index (κ2) is 4.91. The van der Waals surface area contributed by atoms with Crippen molar-refractivity contribution in [2.24, 2.45) is 0 Å². The minimum absolute atomic E-state index is 0.0287. The summed E-state index contributed by atoms with van der Waals surface area (Å²) >= 11 is 0. The van der Waals surface area contributed by atoms with Crippen molar-refractivity contribution in [1.29, 1.82) is 0 Å². The van der Waals surface area contributed by atoms with E-state index < -0.39 is 20.9 Å². The van der Waals surface area contributed by atoms with Gasteiger partial charge in [-0.15, -0.1) is 0 Å². The summed E-state index contributed by atoms with van der Waals surface area (Å²) in [6.45, 7) is 1.89. The molecule has 1 heterocycles. The number of hydrogen-bond donors (Lipinski definition) is 1. The van der Waals surface area contributed by atoms with Crippen molar-refractivity contribution in [2.75, 3.05) is 0 Å². The van der Waals surface area contributed by atoms with Gasteiger partial charge in [-0.05, 0) is 19.1 Å². The molecule has 0 radical (unpaired) electrons. The second-order valence-electron chi connectivity index (χ2n) is 4.03. The summed E-state index contributed by atoms with van der Waals surface area (Å²) < 4.78 is 30.8. The number of ketones is 1. The molecule has 0 spiro atoms. The largest absolute Gasteiger partial charge is 0.312 e. The summed E-state index contributed by atoms with van der Waals surface area (Å²) in [5, 5.41) is -0.537. The van der Waals surface area contributed by atoms with Crippen molar-refractivity contribution >= 4 is 15.9 Å². The summed E-state index contributed by atoms with van der Waals surface area (Å²) in [5.74, 6) is -0.398. The molecule has 0 atom stereocenters. The lowest BCUT2D eigenvalue weighted by molar-refractivity contribution is 0.103. The quantitative estimate of drug-likeness (QED) is 0.684. The van der Waals surface area contributed by atoms with Crippen molar-refractivity contribution in [3.05, 3.63) is 59.3 Å². The van der Waals surface area contributed by atoms with Crippen LogP contribution in [0.5, 0.6) is 0 Å². The van der Waals surface area contributed by atoms with Gasteiger partial charge in [-0.25, -0.2) is 4.98 Å². The minimum Gasteiger partial charge on any atom is -0.287 e. The van der Waals surface area contributed by atoms with E-state index in [1.807, 2.05) is 6.92 Å². The second-order valence-corrected chi connectivity index (χ2v) is 5.40. The molecule has 0 amide bonds. The molecule has 6 heteroatoms. The number of benzene rings is 1. The van der Waals surface area contributed by atoms with Gasteiger partial charge in [0.05, 0.1) is 0 Å². The molecule has 1 aromatic heterocycles. The molecule has 0 bridgehead atoms. The molecular formula is C13H11NO4S. The molecule has 2 aromatic rings. The third-order valence-electron chi connectivity index (χ3n) is 2.53. The molecular weight excluding hydrogens is 266 g/mol. The first-order chi connectivity index (χ1) is 8.88. The number of aryl methyl sites for hydroxylation is 1. The molecule has 1 N–H and O–H groups in total. The Bertz CT molecular complexity index is 721. The van der Waals surface area contributed by atoms with Gasteiger partial charge >= 0.3 is 10.1 Å². The molecule has 0 aliphatic rings. The van der Waals surface area contributed by atoms with Gasteiger partial charge in [0, 0.05) is 5.56 Å². The highest BCUT2D eigenvalue weighted by Gasteiger charge is 2.16. The van der Waals surface area contributed by atoms with Crippen molar-refractivity contribution in [2.45, 2.75) is 11.9 Å². The van der Waals surface area contributed by atoms with E-state index in [4.69, 9.17) is 4.55 Å². The van der Waals surface area contributed by atoms with Crippen LogP contribution >= 0.6 is 0 Å². The van der Waals surface area contributed by atoms with Crippen LogP contribution in [-0.2, 0) is 10.1 Å². The van der Waals surface area contributed by atoms with Crippen molar-refractivity contribution in [3.63, 3.8) is 0 Å². The van der Waals surface area contributed by atoms with E-state index in [-0.39, 0.29) is 5.69 Å². The van der Waals surface area contributed by atoms with Gasteiger partial charge in [-0.3, -0.25) is 9.35 Å². The van der Waals surface area contributed by atoms with Crippen molar-refractivity contribution in [3.8, 4) is 0 Å². The predicted octanol–water partition coefficient (Wildman–Crippen LogP) is 1.87. The molecule has 0 aliphatic heterocycles. The monoisotopic (exact) mass is 277 g/mol. The number of nitrogens with zero attached hydrogens (tertiary/aromatic N) is 1. The number of rotatable bonds is 3. The molecule has 0 aliphatic carbocycles. The number of carbonyl (C=O) groups excluding carboxylic acids is 1. The van der Waals surface area contributed by atoms with Crippen LogP contribution in [0.25, 0.3) is 0 Å². The molecule has 5 nitrogen and oxygen atoms in total. The molecule has 19 heavy (non-hydrogen) atoms. The van der Waals surface area contributed by atoms with Gasteiger partial charge in [0.1, 0.15) is 5.69 Å². The Balaban J connectivity index is 2.42. The Morgan fingerprint density at radius 2 is 1.74 bits per heavy atom. The standard InChI is InChI=1S/C13H11NO4S/c1-9-5-7-10(8-6-9)13(15)11-3-2-4-12(14-11)19(16,17)18/h2-8H,1H3,(H,16,17,18). The third kappa shape index (κ3) is 3.04. The van der Waals surface area contributed by atoms with E-state index in [0.29, 0.717) is 5.56 Å². The zero-order valence-corrected chi connectivity index (χ0v) is 10.9. The fraction of sp³-hybridized carbons (Fsp3) is 0.0769. The Labute approximate surface area is 110 Å². The highest BCUT2D eigenvalue weighted by atomic mass is 32.2. The van der Waals surface area contributed by atoms with Crippen LogP contribution in [0, 0.1) is 6.92 Å². The van der Waals surface area contributed by atoms with Crippen molar-refractivity contribution in [1.82, 2.24) is 4.98 Å². The van der Waals surface area contributed by atoms with Crippen LogP contribution in [0.1, 0.15) is 21.6 Å². The first kappa shape index (κ1) is 13.4. The fourth-order valence-electron chi connectivity index (χ4n) is 1.54. The molecule has 2 rings (SSSR count). The summed E-state index contributed by atoms with van der Waals surface area (Å²) in [4.78, 5) is 15.8. The Hall–Kier alpha value is -2.05. The van der Waals surface area contributed by atoms with E-state index in [9.17, 15) is 13.2 Å². The SMILES string of the molecule is Cc1ccc(C(=O)c2cccc(S(=O)(=O)O)n2)cc1. The van der Waals surface area contributed by atoms with Crippen LogP contribution in [0.4, 0.5) is 0 Å². The molecule has 0 fully saturated rings. The maximum absolute atomic E-state index is 12.1. The Morgan fingerprint density at radius 3 is 2.32 bits per heavy atom. The minimum atomic E-state index is -4.41. The summed E-state index contributed by atoms with van der Waals surface area (Å²) in [5.41, 5.74) is 1.39. The van der Waals surface area contributed by atoms with Crippen LogP contribution in [0.15, 0.2) is 47.5 Å². The summed E-state index contributed by atoms with van der Waals surface area (Å²) in [6, 6.07) is 10.7. The number of hydrogen-bond acceptors (Lipinski definition) is 4. The normalized spacial score (nSPS) is 11.3. The fourth-order valence-corrected chi connectivity index (χ4v) is 2.00. The maximum Gasteiger partial charge on any atom is 0.312 e. The van der Waals surface area contributed by atoms with Gasteiger partial charge in [0.25, 0.3) is 0 Å². The van der Waals surface area contributed by atoms with Gasteiger partial charge in [0.2, 0.25) is 5.78 Å². The lowest BCUT2D eigenvalue weighted by atomic mass is 10.1. The first-order valence-corrected chi connectivity index (χ1v) is 6.88.